The molecule has 0 radical (unpaired) electrons. The topological polar surface area (TPSA) is 103 Å². The lowest BCUT2D eigenvalue weighted by Gasteiger charge is -2.21. The number of ether oxygens (including phenoxy) is 1. The minimum absolute atomic E-state index is 0.119. The van der Waals surface area contributed by atoms with Crippen molar-refractivity contribution in [1.82, 2.24) is 5.32 Å². The highest BCUT2D eigenvalue weighted by Gasteiger charge is 2.57. The van der Waals surface area contributed by atoms with Crippen LogP contribution in [0.1, 0.15) is 50.7 Å². The van der Waals surface area contributed by atoms with Crippen LogP contribution in [0.15, 0.2) is 53.7 Å². The molecule has 1 aliphatic carbocycles. The Balaban J connectivity index is 1.70. The lowest BCUT2D eigenvalue weighted by Crippen LogP contribution is -2.44. The van der Waals surface area contributed by atoms with Crippen LogP contribution in [0, 0.1) is 17.6 Å². The highest BCUT2D eigenvalue weighted by atomic mass is 19.1. The van der Waals surface area contributed by atoms with Crippen LogP contribution in [0.2, 0.25) is 0 Å². The number of oxime groups is 1. The third kappa shape index (κ3) is 6.27. The summed E-state index contributed by atoms with van der Waals surface area (Å²) in [4.78, 5) is 29.7. The molecule has 3 atom stereocenters. The lowest BCUT2D eigenvalue weighted by atomic mass is 10.0. The molecule has 1 fully saturated rings. The van der Waals surface area contributed by atoms with Crippen molar-refractivity contribution in [2.75, 3.05) is 0 Å². The molecule has 33 heavy (non-hydrogen) atoms. The summed E-state index contributed by atoms with van der Waals surface area (Å²) >= 11 is 0. The highest BCUT2D eigenvalue weighted by Crippen LogP contribution is 2.61. The number of benzene rings is 2. The number of nitrogens with two attached hydrogens (primary N) is 1. The smallest absolute Gasteiger partial charge is 0.408 e. The van der Waals surface area contributed by atoms with Gasteiger partial charge in [-0.25, -0.2) is 18.4 Å². The number of hydrogen-bond donors (Lipinski definition) is 2. The molecule has 2 unspecified atom stereocenters. The molecule has 1 saturated carbocycles. The Morgan fingerprint density at radius 3 is 1.85 bits per heavy atom. The molecule has 0 aliphatic heterocycles. The summed E-state index contributed by atoms with van der Waals surface area (Å²) in [6.45, 7) is 6.74. The number of nitrogens with zero attached hydrogens (tertiary/aromatic N) is 1. The third-order valence-electron chi connectivity index (χ3n) is 5.22. The van der Waals surface area contributed by atoms with Crippen molar-refractivity contribution in [3.05, 3.63) is 71.3 Å². The van der Waals surface area contributed by atoms with Gasteiger partial charge in [-0.2, -0.15) is 0 Å². The monoisotopic (exact) mass is 459 g/mol. The molecule has 0 spiro atoms. The second-order valence-corrected chi connectivity index (χ2v) is 8.97. The van der Waals surface area contributed by atoms with Gasteiger partial charge in [0.15, 0.2) is 5.84 Å². The fourth-order valence-electron chi connectivity index (χ4n) is 3.60. The number of hydrogen-bond acceptors (Lipinski definition) is 5. The van der Waals surface area contributed by atoms with Crippen molar-refractivity contribution in [3.63, 3.8) is 0 Å². The lowest BCUT2D eigenvalue weighted by molar-refractivity contribution is -0.145. The second kappa shape index (κ2) is 9.56. The van der Waals surface area contributed by atoms with Gasteiger partial charge in [-0.15, -0.1) is 0 Å². The molecule has 9 heteroatoms. The van der Waals surface area contributed by atoms with Gasteiger partial charge in [-0.3, -0.25) is 0 Å². The van der Waals surface area contributed by atoms with Gasteiger partial charge in [0.2, 0.25) is 0 Å². The molecule has 2 aromatic rings. The second-order valence-electron chi connectivity index (χ2n) is 8.97. The average molecular weight is 459 g/mol. The zero-order chi connectivity index (χ0) is 24.3. The van der Waals surface area contributed by atoms with E-state index in [1.54, 1.807) is 52.0 Å². The van der Waals surface area contributed by atoms with Crippen molar-refractivity contribution < 1.29 is 27.9 Å². The first kappa shape index (κ1) is 24.2. The van der Waals surface area contributed by atoms with E-state index in [-0.39, 0.29) is 29.3 Å². The van der Waals surface area contributed by atoms with E-state index in [1.807, 2.05) is 0 Å². The summed E-state index contributed by atoms with van der Waals surface area (Å²) < 4.78 is 31.9. The van der Waals surface area contributed by atoms with Crippen molar-refractivity contribution >= 4 is 17.9 Å². The van der Waals surface area contributed by atoms with Gasteiger partial charge in [0.1, 0.15) is 17.2 Å². The van der Waals surface area contributed by atoms with E-state index in [1.165, 1.54) is 24.3 Å². The van der Waals surface area contributed by atoms with Crippen LogP contribution in [0.25, 0.3) is 0 Å². The van der Waals surface area contributed by atoms with E-state index in [9.17, 15) is 18.4 Å². The Bertz CT molecular complexity index is 982. The van der Waals surface area contributed by atoms with Gasteiger partial charge < -0.3 is 20.6 Å². The largest absolute Gasteiger partial charge is 0.444 e. The first-order chi connectivity index (χ1) is 15.5. The van der Waals surface area contributed by atoms with Crippen molar-refractivity contribution in [2.24, 2.45) is 16.8 Å². The molecule has 3 N–H and O–H groups in total. The molecule has 1 aliphatic rings. The van der Waals surface area contributed by atoms with Gasteiger partial charge in [0, 0.05) is 11.8 Å². The fourth-order valence-corrected chi connectivity index (χ4v) is 3.60. The minimum Gasteiger partial charge on any atom is -0.444 e. The number of halogens is 2. The highest BCUT2D eigenvalue weighted by molar-refractivity contribution is 5.89. The first-order valence-corrected chi connectivity index (χ1v) is 10.5. The van der Waals surface area contributed by atoms with Gasteiger partial charge >= 0.3 is 12.1 Å². The Morgan fingerprint density at radius 1 is 0.970 bits per heavy atom. The minimum atomic E-state index is -0.743. The molecule has 2 aromatic carbocycles. The molecule has 0 bridgehead atoms. The number of carbonyl (C=O) groups is 2. The van der Waals surface area contributed by atoms with Crippen LogP contribution in [0.4, 0.5) is 13.6 Å². The van der Waals surface area contributed by atoms with Gasteiger partial charge in [0.05, 0.1) is 12.0 Å². The summed E-state index contributed by atoms with van der Waals surface area (Å²) in [6.07, 6.45) is -0.686. The average Bonchev–Trinajstić information content (AvgIpc) is 3.47. The molecule has 7 nitrogen and oxygen atoms in total. The predicted molar refractivity (Wildman–Crippen MR) is 118 cm³/mol. The summed E-state index contributed by atoms with van der Waals surface area (Å²) in [6, 6.07) is 10.9. The van der Waals surface area contributed by atoms with Gasteiger partial charge in [0.25, 0.3) is 0 Å². The van der Waals surface area contributed by atoms with Crippen molar-refractivity contribution in [3.8, 4) is 0 Å². The molecule has 0 heterocycles. The molecule has 1 amide bonds. The normalized spacial score (nSPS) is 21.2. The molecular formula is C24H27F2N3O4. The standard InChI is InChI=1S/C24H27F2N3O4/c1-13(28-23(31)32-24(2,3)4)21(27)29-33-22(30)20-18(14-5-9-16(25)10-6-14)19(20)15-7-11-17(26)12-8-15/h5-13,18-20H,1-4H3,(H2,27,29)(H,28,31)/t13-,18?,19?,20?/m0/s1. The van der Waals surface area contributed by atoms with Crippen LogP contribution in [0.3, 0.4) is 0 Å². The fraction of sp³-hybridized carbons (Fsp3) is 0.375. The zero-order valence-corrected chi connectivity index (χ0v) is 18.8. The Kier molecular flexibility index (Phi) is 7.00. The van der Waals surface area contributed by atoms with E-state index >= 15 is 0 Å². The summed E-state index contributed by atoms with van der Waals surface area (Å²) in [5, 5.41) is 6.18. The van der Waals surface area contributed by atoms with E-state index in [0.717, 1.165) is 11.1 Å². The summed E-state index contributed by atoms with van der Waals surface area (Å²) in [5.74, 6) is -2.69. The zero-order valence-electron chi connectivity index (χ0n) is 18.8. The van der Waals surface area contributed by atoms with Crippen LogP contribution in [-0.4, -0.2) is 29.5 Å². The number of amides is 1. The van der Waals surface area contributed by atoms with E-state index in [4.69, 9.17) is 15.3 Å². The molecule has 0 saturated heterocycles. The van der Waals surface area contributed by atoms with Crippen LogP contribution < -0.4 is 11.1 Å². The van der Waals surface area contributed by atoms with E-state index < -0.39 is 29.6 Å². The summed E-state index contributed by atoms with van der Waals surface area (Å²) in [5.41, 5.74) is 6.67. The Hall–Kier alpha value is -3.49. The molecule has 3 rings (SSSR count). The maximum atomic E-state index is 13.4. The maximum absolute atomic E-state index is 13.4. The number of nitrogens with one attached hydrogen (secondary N) is 1. The van der Waals surface area contributed by atoms with E-state index in [2.05, 4.69) is 10.5 Å². The molecule has 176 valence electrons. The maximum Gasteiger partial charge on any atom is 0.408 e. The van der Waals surface area contributed by atoms with Gasteiger partial charge in [-0.1, -0.05) is 29.4 Å². The molecular weight excluding hydrogens is 432 g/mol. The van der Waals surface area contributed by atoms with Crippen LogP contribution in [0.5, 0.6) is 0 Å². The number of amidine groups is 1. The molecule has 0 aromatic heterocycles. The van der Waals surface area contributed by atoms with Crippen LogP contribution >= 0.6 is 0 Å². The third-order valence-corrected chi connectivity index (χ3v) is 5.22. The number of alkyl carbamates (subject to hydrolysis) is 1. The summed E-state index contributed by atoms with van der Waals surface area (Å²) in [7, 11) is 0. The Labute approximate surface area is 190 Å². The predicted octanol–water partition coefficient (Wildman–Crippen LogP) is 4.19. The Morgan fingerprint density at radius 2 is 1.42 bits per heavy atom. The van der Waals surface area contributed by atoms with Crippen molar-refractivity contribution in [2.45, 2.75) is 51.2 Å². The van der Waals surface area contributed by atoms with E-state index in [0.29, 0.717) is 0 Å². The quantitative estimate of drug-likeness (QED) is 0.292. The van der Waals surface area contributed by atoms with Crippen molar-refractivity contribution in [1.29, 1.82) is 0 Å². The van der Waals surface area contributed by atoms with Gasteiger partial charge in [-0.05, 0) is 63.1 Å². The first-order valence-electron chi connectivity index (χ1n) is 10.5. The SMILES string of the molecule is C[C@H](NC(=O)OC(C)(C)C)C(N)=NOC(=O)C1C(c2ccc(F)cc2)C1c1ccc(F)cc1. The van der Waals surface area contributed by atoms with Crippen LogP contribution in [-0.2, 0) is 14.4 Å². The number of rotatable bonds is 6. The number of carbonyl (C=O) groups excluding carboxylic acids is 2.